The number of nitrogens with zero attached hydrogens (tertiary/aromatic N) is 3. The molecule has 20 heavy (non-hydrogen) atoms. The Labute approximate surface area is 123 Å². The van der Waals surface area contributed by atoms with Crippen LogP contribution in [0.2, 0.25) is 0 Å². The highest BCUT2D eigenvalue weighted by Crippen LogP contribution is 2.09. The molecule has 0 radical (unpaired) electrons. The van der Waals surface area contributed by atoms with E-state index < -0.39 is 10.2 Å². The predicted octanol–water partition coefficient (Wildman–Crippen LogP) is 0.616. The third kappa shape index (κ3) is 5.29. The zero-order valence-corrected chi connectivity index (χ0v) is 14.0. The molecule has 0 amide bonds. The molecule has 1 saturated heterocycles. The van der Waals surface area contributed by atoms with Gasteiger partial charge in [0.1, 0.15) is 0 Å². The van der Waals surface area contributed by atoms with Gasteiger partial charge in [-0.2, -0.15) is 17.0 Å². The van der Waals surface area contributed by atoms with Gasteiger partial charge >= 0.3 is 0 Å². The van der Waals surface area contributed by atoms with Crippen LogP contribution in [0.1, 0.15) is 26.7 Å². The second-order valence-corrected chi connectivity index (χ2v) is 7.70. The maximum absolute atomic E-state index is 12.2. The Hall–Kier alpha value is -0.210. The van der Waals surface area contributed by atoms with Gasteiger partial charge in [0.05, 0.1) is 13.2 Å². The molecule has 0 aromatic rings. The van der Waals surface area contributed by atoms with E-state index in [1.54, 1.807) is 14.1 Å². The van der Waals surface area contributed by atoms with Crippen molar-refractivity contribution in [2.75, 3.05) is 53.5 Å². The number of hydrogen-bond acceptors (Lipinski definition) is 4. The van der Waals surface area contributed by atoms with Gasteiger partial charge in [-0.15, -0.1) is 0 Å². The van der Waals surface area contributed by atoms with Gasteiger partial charge in [0.15, 0.2) is 0 Å². The number of rotatable bonds is 8. The van der Waals surface area contributed by atoms with Crippen molar-refractivity contribution in [3.8, 4) is 0 Å². The first-order chi connectivity index (χ1) is 9.35. The van der Waals surface area contributed by atoms with Gasteiger partial charge in [-0.1, -0.05) is 0 Å². The minimum Gasteiger partial charge on any atom is -0.379 e. The smallest absolute Gasteiger partial charge is 0.281 e. The molecule has 7 heteroatoms. The Bertz CT molecular complexity index is 367. The summed E-state index contributed by atoms with van der Waals surface area (Å²) in [4.78, 5) is 2.37. The number of hydrogen-bond donors (Lipinski definition) is 0. The SMILES string of the molecule is CC(C)N(C)S(=O)(=O)N(C)CCCCN1CCOCC1. The van der Waals surface area contributed by atoms with Gasteiger partial charge in [0, 0.05) is 39.8 Å². The highest BCUT2D eigenvalue weighted by atomic mass is 32.2. The van der Waals surface area contributed by atoms with E-state index in [1.165, 1.54) is 8.61 Å². The molecule has 0 aromatic heterocycles. The van der Waals surface area contributed by atoms with Crippen LogP contribution in [0, 0.1) is 0 Å². The molecule has 1 aliphatic rings. The lowest BCUT2D eigenvalue weighted by atomic mass is 10.3. The van der Waals surface area contributed by atoms with Gasteiger partial charge < -0.3 is 4.74 Å². The van der Waals surface area contributed by atoms with Crippen LogP contribution in [0.25, 0.3) is 0 Å². The molecule has 0 unspecified atom stereocenters. The fraction of sp³-hybridized carbons (Fsp3) is 1.00. The van der Waals surface area contributed by atoms with Crippen molar-refractivity contribution in [3.05, 3.63) is 0 Å². The first-order valence-electron chi connectivity index (χ1n) is 7.35. The van der Waals surface area contributed by atoms with Crippen molar-refractivity contribution in [1.82, 2.24) is 13.5 Å². The van der Waals surface area contributed by atoms with E-state index in [2.05, 4.69) is 4.90 Å². The van der Waals surface area contributed by atoms with Gasteiger partial charge in [0.25, 0.3) is 10.2 Å². The minimum atomic E-state index is -3.31. The number of unbranched alkanes of at least 4 members (excludes halogenated alkanes) is 1. The average Bonchev–Trinajstić information content (AvgIpc) is 2.43. The van der Waals surface area contributed by atoms with E-state index in [0.29, 0.717) is 6.54 Å². The summed E-state index contributed by atoms with van der Waals surface area (Å²) in [5.41, 5.74) is 0. The van der Waals surface area contributed by atoms with Crippen LogP contribution in [0.5, 0.6) is 0 Å². The van der Waals surface area contributed by atoms with Crippen LogP contribution in [0.15, 0.2) is 0 Å². The molecule has 0 N–H and O–H groups in total. The van der Waals surface area contributed by atoms with Crippen molar-refractivity contribution >= 4 is 10.2 Å². The lowest BCUT2D eigenvalue weighted by molar-refractivity contribution is 0.0371. The minimum absolute atomic E-state index is 0.0178. The first kappa shape index (κ1) is 17.8. The molecule has 120 valence electrons. The quantitative estimate of drug-likeness (QED) is 0.617. The van der Waals surface area contributed by atoms with Crippen molar-refractivity contribution in [2.24, 2.45) is 0 Å². The second-order valence-electron chi connectivity index (χ2n) is 5.60. The third-order valence-electron chi connectivity index (χ3n) is 3.79. The number of morpholine rings is 1. The zero-order valence-electron chi connectivity index (χ0n) is 13.2. The van der Waals surface area contributed by atoms with E-state index in [1.807, 2.05) is 13.8 Å². The Morgan fingerprint density at radius 2 is 1.75 bits per heavy atom. The second kappa shape index (κ2) is 8.29. The summed E-state index contributed by atoms with van der Waals surface area (Å²) in [7, 11) is -0.0256. The molecule has 1 rings (SSSR count). The first-order valence-corrected chi connectivity index (χ1v) is 8.75. The van der Waals surface area contributed by atoms with Gasteiger partial charge in [0.2, 0.25) is 0 Å². The van der Waals surface area contributed by atoms with Gasteiger partial charge in [-0.25, -0.2) is 0 Å². The molecule has 0 atom stereocenters. The van der Waals surface area contributed by atoms with E-state index in [4.69, 9.17) is 4.74 Å². The lowest BCUT2D eigenvalue weighted by Gasteiger charge is -2.28. The van der Waals surface area contributed by atoms with Crippen LogP contribution in [0.3, 0.4) is 0 Å². The topological polar surface area (TPSA) is 53.1 Å². The molecular weight excluding hydrogens is 278 g/mol. The van der Waals surface area contributed by atoms with Crippen molar-refractivity contribution in [2.45, 2.75) is 32.7 Å². The van der Waals surface area contributed by atoms with Crippen LogP contribution < -0.4 is 0 Å². The van der Waals surface area contributed by atoms with Crippen LogP contribution in [-0.4, -0.2) is 81.5 Å². The van der Waals surface area contributed by atoms with Gasteiger partial charge in [-0.05, 0) is 33.2 Å². The van der Waals surface area contributed by atoms with E-state index in [0.717, 1.165) is 45.7 Å². The van der Waals surface area contributed by atoms with Crippen LogP contribution in [-0.2, 0) is 14.9 Å². The molecule has 6 nitrogen and oxygen atoms in total. The fourth-order valence-corrected chi connectivity index (χ4v) is 3.43. The Morgan fingerprint density at radius 1 is 1.15 bits per heavy atom. The normalized spacial score (nSPS) is 18.4. The molecule has 1 fully saturated rings. The Morgan fingerprint density at radius 3 is 2.30 bits per heavy atom. The van der Waals surface area contributed by atoms with Crippen LogP contribution >= 0.6 is 0 Å². The monoisotopic (exact) mass is 307 g/mol. The highest BCUT2D eigenvalue weighted by Gasteiger charge is 2.25. The summed E-state index contributed by atoms with van der Waals surface area (Å²) in [5, 5.41) is 0. The van der Waals surface area contributed by atoms with E-state index in [9.17, 15) is 8.42 Å². The summed E-state index contributed by atoms with van der Waals surface area (Å²) in [6.07, 6.45) is 1.91. The molecule has 0 spiro atoms. The zero-order chi connectivity index (χ0) is 15.2. The van der Waals surface area contributed by atoms with Crippen molar-refractivity contribution in [3.63, 3.8) is 0 Å². The molecule has 1 heterocycles. The molecular formula is C13H29N3O3S. The summed E-state index contributed by atoms with van der Waals surface area (Å²) >= 11 is 0. The molecule has 1 aliphatic heterocycles. The predicted molar refractivity (Wildman–Crippen MR) is 80.9 cm³/mol. The summed E-state index contributed by atoms with van der Waals surface area (Å²) in [5.74, 6) is 0. The van der Waals surface area contributed by atoms with E-state index in [-0.39, 0.29) is 6.04 Å². The molecule has 0 saturated carbocycles. The molecule has 0 bridgehead atoms. The van der Waals surface area contributed by atoms with Gasteiger partial charge in [-0.3, -0.25) is 4.90 Å². The standard InChI is InChI=1S/C13H29N3O3S/c1-13(2)15(4)20(17,18)14(3)7-5-6-8-16-9-11-19-12-10-16/h13H,5-12H2,1-4H3. The summed E-state index contributed by atoms with van der Waals surface area (Å²) < 4.78 is 32.6. The highest BCUT2D eigenvalue weighted by molar-refractivity contribution is 7.86. The van der Waals surface area contributed by atoms with E-state index >= 15 is 0 Å². The molecule has 0 aliphatic carbocycles. The Kier molecular flexibility index (Phi) is 7.39. The average molecular weight is 307 g/mol. The Balaban J connectivity index is 2.26. The lowest BCUT2D eigenvalue weighted by Crippen LogP contribution is -2.43. The largest absolute Gasteiger partial charge is 0.379 e. The van der Waals surface area contributed by atoms with Crippen LogP contribution in [0.4, 0.5) is 0 Å². The number of ether oxygens (including phenoxy) is 1. The fourth-order valence-electron chi connectivity index (χ4n) is 2.10. The summed E-state index contributed by atoms with van der Waals surface area (Å²) in [6.45, 7) is 8.96. The van der Waals surface area contributed by atoms with Crippen molar-refractivity contribution < 1.29 is 13.2 Å². The maximum atomic E-state index is 12.2. The summed E-state index contributed by atoms with van der Waals surface area (Å²) in [6, 6.07) is -0.0178. The van der Waals surface area contributed by atoms with Crippen molar-refractivity contribution in [1.29, 1.82) is 0 Å². The molecule has 0 aromatic carbocycles. The maximum Gasteiger partial charge on any atom is 0.281 e. The third-order valence-corrected chi connectivity index (χ3v) is 5.91.